The number of aromatic nitrogens is 3. The van der Waals surface area contributed by atoms with Gasteiger partial charge in [-0.2, -0.15) is 0 Å². The van der Waals surface area contributed by atoms with E-state index in [0.717, 1.165) is 11.4 Å². The maximum absolute atomic E-state index is 14.4. The number of carbonyl (C=O) groups is 2. The van der Waals surface area contributed by atoms with Crippen molar-refractivity contribution in [2.24, 2.45) is 0 Å². The van der Waals surface area contributed by atoms with Crippen molar-refractivity contribution in [3.8, 4) is 11.3 Å². The van der Waals surface area contributed by atoms with Crippen molar-refractivity contribution in [3.63, 3.8) is 0 Å². The van der Waals surface area contributed by atoms with Gasteiger partial charge < -0.3 is 25.2 Å². The third-order valence-electron chi connectivity index (χ3n) is 6.87. The Kier molecular flexibility index (Phi) is 7.87. The number of hydrogen-bond donors (Lipinski definition) is 1. The first kappa shape index (κ1) is 29.0. The lowest BCUT2D eigenvalue weighted by Gasteiger charge is -2.36. The van der Waals surface area contributed by atoms with Gasteiger partial charge in [0.15, 0.2) is 0 Å². The van der Waals surface area contributed by atoms with Gasteiger partial charge in [-0.25, -0.2) is 19.2 Å². The summed E-state index contributed by atoms with van der Waals surface area (Å²) < 4.78 is 19.9. The Morgan fingerprint density at radius 1 is 1.02 bits per heavy atom. The van der Waals surface area contributed by atoms with Crippen LogP contribution in [0.15, 0.2) is 54.9 Å². The van der Waals surface area contributed by atoms with Crippen LogP contribution in [0.5, 0.6) is 0 Å². The number of amides is 2. The van der Waals surface area contributed by atoms with Crippen LogP contribution >= 0.6 is 11.6 Å². The Labute approximate surface area is 247 Å². The SMILES string of the molecule is CN(C(=O)c1c(F)cccc1Cl)c1ccc2ncc(-c3ccc(N4CCN(C(=O)OC(C)(C)C)CC4)nc3)nc2c1N. The summed E-state index contributed by atoms with van der Waals surface area (Å²) in [4.78, 5) is 44.4. The highest BCUT2D eigenvalue weighted by Gasteiger charge is 2.27. The molecule has 0 aliphatic carbocycles. The zero-order valence-corrected chi connectivity index (χ0v) is 24.5. The quantitative estimate of drug-likeness (QED) is 0.313. The Morgan fingerprint density at radius 3 is 2.40 bits per heavy atom. The van der Waals surface area contributed by atoms with Crippen molar-refractivity contribution >= 4 is 51.8 Å². The first-order chi connectivity index (χ1) is 19.9. The summed E-state index contributed by atoms with van der Waals surface area (Å²) in [5.41, 5.74) is 8.47. The van der Waals surface area contributed by atoms with Crippen LogP contribution in [0.4, 0.5) is 26.4 Å². The van der Waals surface area contributed by atoms with Crippen molar-refractivity contribution in [3.05, 3.63) is 71.3 Å². The molecule has 2 aromatic carbocycles. The summed E-state index contributed by atoms with van der Waals surface area (Å²) in [7, 11) is 1.50. The smallest absolute Gasteiger partial charge is 0.410 e. The molecule has 5 rings (SSSR count). The Bertz CT molecular complexity index is 1630. The molecule has 0 radical (unpaired) electrons. The predicted octanol–water partition coefficient (Wildman–Crippen LogP) is 5.40. The van der Waals surface area contributed by atoms with Crippen LogP contribution < -0.4 is 15.5 Å². The van der Waals surface area contributed by atoms with E-state index in [0.29, 0.717) is 48.6 Å². The molecule has 218 valence electrons. The number of pyridine rings is 1. The molecular formula is C30H31ClFN7O3. The Balaban J connectivity index is 1.33. The number of hydrogen-bond acceptors (Lipinski definition) is 8. The highest BCUT2D eigenvalue weighted by atomic mass is 35.5. The maximum Gasteiger partial charge on any atom is 0.410 e. The van der Waals surface area contributed by atoms with Crippen LogP contribution in [0, 0.1) is 5.82 Å². The molecule has 1 fully saturated rings. The van der Waals surface area contributed by atoms with Crippen LogP contribution in [0.2, 0.25) is 5.02 Å². The van der Waals surface area contributed by atoms with E-state index in [1.165, 1.54) is 30.1 Å². The molecular weight excluding hydrogens is 561 g/mol. The minimum absolute atomic E-state index is 0.00848. The zero-order valence-electron chi connectivity index (χ0n) is 23.8. The molecule has 4 aromatic rings. The number of nitrogens with zero attached hydrogens (tertiary/aromatic N) is 6. The van der Waals surface area contributed by atoms with Crippen LogP contribution in [0.25, 0.3) is 22.3 Å². The molecule has 1 aliphatic heterocycles. The standard InChI is InChI=1S/C30H31ClFN7O3/c1-30(2,3)42-29(41)39-14-12-38(13-15-39)24-11-8-18(16-35-24)22-17-34-21-9-10-23(26(33)27(21)36-22)37(4)28(40)25-19(31)6-5-7-20(25)32/h5-11,16-17H,12-15,33H2,1-4H3. The van der Waals surface area contributed by atoms with Gasteiger partial charge in [-0.1, -0.05) is 17.7 Å². The fraction of sp³-hybridized carbons (Fsp3) is 0.300. The molecule has 1 saturated heterocycles. The first-order valence-electron chi connectivity index (χ1n) is 13.4. The molecule has 12 heteroatoms. The fourth-order valence-corrected chi connectivity index (χ4v) is 4.91. The highest BCUT2D eigenvalue weighted by Crippen LogP contribution is 2.32. The minimum Gasteiger partial charge on any atom is -0.444 e. The van der Waals surface area contributed by atoms with Gasteiger partial charge in [0.1, 0.15) is 22.8 Å². The highest BCUT2D eigenvalue weighted by molar-refractivity contribution is 6.34. The minimum atomic E-state index is -0.721. The molecule has 3 heterocycles. The lowest BCUT2D eigenvalue weighted by atomic mass is 10.1. The summed E-state index contributed by atoms with van der Waals surface area (Å²) in [5, 5.41) is 0.00848. The topological polar surface area (TPSA) is 118 Å². The molecule has 0 saturated carbocycles. The van der Waals surface area contributed by atoms with Crippen LogP contribution in [-0.2, 0) is 4.74 Å². The number of benzene rings is 2. The Hall–Kier alpha value is -4.51. The van der Waals surface area contributed by atoms with E-state index < -0.39 is 17.3 Å². The largest absolute Gasteiger partial charge is 0.444 e. The number of halogens is 2. The molecule has 2 aromatic heterocycles. The molecule has 2 amide bonds. The molecule has 0 unspecified atom stereocenters. The summed E-state index contributed by atoms with van der Waals surface area (Å²) >= 11 is 6.11. The van der Waals surface area contributed by atoms with E-state index in [9.17, 15) is 14.0 Å². The third kappa shape index (κ3) is 5.91. The average molecular weight is 592 g/mol. The average Bonchev–Trinajstić information content (AvgIpc) is 2.96. The number of nitrogen functional groups attached to an aromatic ring is 1. The fourth-order valence-electron chi connectivity index (χ4n) is 4.67. The second kappa shape index (κ2) is 11.4. The number of ether oxygens (including phenoxy) is 1. The van der Waals surface area contributed by atoms with Crippen LogP contribution in [0.3, 0.4) is 0 Å². The van der Waals surface area contributed by atoms with Gasteiger partial charge in [0.2, 0.25) is 0 Å². The lowest BCUT2D eigenvalue weighted by molar-refractivity contribution is 0.0240. The number of anilines is 3. The van der Waals surface area contributed by atoms with Gasteiger partial charge in [0.25, 0.3) is 5.91 Å². The second-order valence-corrected chi connectivity index (χ2v) is 11.3. The van der Waals surface area contributed by atoms with Crippen LogP contribution in [-0.4, -0.2) is 70.7 Å². The van der Waals surface area contributed by atoms with Gasteiger partial charge in [0.05, 0.1) is 39.4 Å². The molecule has 10 nitrogen and oxygen atoms in total. The van der Waals surface area contributed by atoms with E-state index in [1.54, 1.807) is 29.4 Å². The van der Waals surface area contributed by atoms with Crippen molar-refractivity contribution in [1.82, 2.24) is 19.9 Å². The van der Waals surface area contributed by atoms with Gasteiger partial charge in [0, 0.05) is 45.0 Å². The monoisotopic (exact) mass is 591 g/mol. The second-order valence-electron chi connectivity index (χ2n) is 10.9. The zero-order chi connectivity index (χ0) is 30.2. The van der Waals surface area contributed by atoms with Gasteiger partial charge in [-0.3, -0.25) is 9.78 Å². The molecule has 0 atom stereocenters. The Morgan fingerprint density at radius 2 is 1.76 bits per heavy atom. The molecule has 1 aliphatic rings. The van der Waals surface area contributed by atoms with E-state index in [-0.39, 0.29) is 22.4 Å². The molecule has 42 heavy (non-hydrogen) atoms. The van der Waals surface area contributed by atoms with E-state index in [1.807, 2.05) is 32.9 Å². The number of nitrogens with two attached hydrogens (primary N) is 1. The third-order valence-corrected chi connectivity index (χ3v) is 7.19. The summed E-state index contributed by atoms with van der Waals surface area (Å²) in [5.74, 6) is -0.577. The predicted molar refractivity (Wildman–Crippen MR) is 161 cm³/mol. The number of fused-ring (bicyclic) bond motifs is 1. The van der Waals surface area contributed by atoms with Crippen molar-refractivity contribution < 1.29 is 18.7 Å². The normalized spacial score (nSPS) is 13.8. The lowest BCUT2D eigenvalue weighted by Crippen LogP contribution is -2.50. The number of rotatable bonds is 4. The molecule has 0 bridgehead atoms. The molecule has 2 N–H and O–H groups in total. The van der Waals surface area contributed by atoms with E-state index >= 15 is 0 Å². The molecule has 0 spiro atoms. The van der Waals surface area contributed by atoms with Gasteiger partial charge >= 0.3 is 6.09 Å². The van der Waals surface area contributed by atoms with Crippen molar-refractivity contribution in [2.75, 3.05) is 48.8 Å². The van der Waals surface area contributed by atoms with Gasteiger partial charge in [-0.15, -0.1) is 0 Å². The van der Waals surface area contributed by atoms with Gasteiger partial charge in [-0.05, 0) is 57.2 Å². The van der Waals surface area contributed by atoms with E-state index in [2.05, 4.69) is 14.9 Å². The maximum atomic E-state index is 14.4. The summed E-state index contributed by atoms with van der Waals surface area (Å²) in [6.45, 7) is 7.89. The van der Waals surface area contributed by atoms with Crippen molar-refractivity contribution in [1.29, 1.82) is 0 Å². The number of piperazine rings is 1. The summed E-state index contributed by atoms with van der Waals surface area (Å²) in [6, 6.07) is 11.2. The van der Waals surface area contributed by atoms with E-state index in [4.69, 9.17) is 27.1 Å². The van der Waals surface area contributed by atoms with Crippen LogP contribution in [0.1, 0.15) is 31.1 Å². The first-order valence-corrected chi connectivity index (χ1v) is 13.8. The summed E-state index contributed by atoms with van der Waals surface area (Å²) in [6.07, 6.45) is 3.03. The number of carbonyl (C=O) groups excluding carboxylic acids is 2. The van der Waals surface area contributed by atoms with Crippen molar-refractivity contribution in [2.45, 2.75) is 26.4 Å².